The number of piperidine rings is 1. The van der Waals surface area contributed by atoms with Gasteiger partial charge in [-0.1, -0.05) is 0 Å². The zero-order chi connectivity index (χ0) is 28.8. The van der Waals surface area contributed by atoms with Crippen LogP contribution in [0.4, 0.5) is 5.69 Å². The number of rotatable bonds is 6. The van der Waals surface area contributed by atoms with Crippen LogP contribution < -0.4 is 20.1 Å². The Morgan fingerprint density at radius 2 is 1.79 bits per heavy atom. The van der Waals surface area contributed by atoms with E-state index in [0.29, 0.717) is 57.8 Å². The summed E-state index contributed by atoms with van der Waals surface area (Å²) in [5.41, 5.74) is 7.27. The highest BCUT2D eigenvalue weighted by Gasteiger charge is 2.20. The van der Waals surface area contributed by atoms with Crippen molar-refractivity contribution >= 4 is 33.7 Å². The van der Waals surface area contributed by atoms with E-state index in [1.165, 1.54) is 0 Å². The molecule has 0 saturated carbocycles. The van der Waals surface area contributed by atoms with Crippen LogP contribution in [0.2, 0.25) is 0 Å². The molecule has 4 N–H and O–H groups in total. The van der Waals surface area contributed by atoms with Gasteiger partial charge in [-0.25, -0.2) is 9.97 Å². The predicted octanol–water partition coefficient (Wildman–Crippen LogP) is 4.68. The molecule has 5 aromatic heterocycles. The largest absolute Gasteiger partial charge is 0.454 e. The number of aromatic nitrogens is 7. The molecule has 214 valence electrons. The van der Waals surface area contributed by atoms with Gasteiger partial charge in [0.25, 0.3) is 0 Å². The molecule has 12 heteroatoms. The molecular formula is C31H27N9O3. The summed E-state index contributed by atoms with van der Waals surface area (Å²) in [7, 11) is 0. The molecule has 1 aromatic carbocycles. The fourth-order valence-electron chi connectivity index (χ4n) is 5.74. The van der Waals surface area contributed by atoms with Gasteiger partial charge >= 0.3 is 0 Å². The quantitative estimate of drug-likeness (QED) is 0.222. The molecule has 12 nitrogen and oxygen atoms in total. The minimum Gasteiger partial charge on any atom is -0.454 e. The fourth-order valence-corrected chi connectivity index (χ4v) is 5.74. The van der Waals surface area contributed by atoms with E-state index in [1.807, 2.05) is 42.5 Å². The number of imidazole rings is 1. The van der Waals surface area contributed by atoms with Crippen molar-refractivity contribution in [2.45, 2.75) is 19.3 Å². The lowest BCUT2D eigenvalue weighted by molar-refractivity contribution is -0.117. The molecule has 2 aliphatic rings. The third-order valence-corrected chi connectivity index (χ3v) is 7.93. The van der Waals surface area contributed by atoms with Crippen molar-refractivity contribution in [3.8, 4) is 45.5 Å². The SMILES string of the molecule is O=C(CC1CCNCC1)Nc1cncc(-c2ccc3[nH]nc(-c4nc5c(-c6ccc7c(c6)OCO7)nccc5[nH]4)c3n2)c1. The summed E-state index contributed by atoms with van der Waals surface area (Å²) in [5, 5.41) is 14.0. The van der Waals surface area contributed by atoms with Crippen molar-refractivity contribution < 1.29 is 14.3 Å². The number of anilines is 1. The number of aromatic amines is 2. The number of pyridine rings is 3. The zero-order valence-electron chi connectivity index (χ0n) is 23.1. The first kappa shape index (κ1) is 25.4. The fraction of sp³-hybridized carbons (Fsp3) is 0.226. The molecule has 6 aromatic rings. The Morgan fingerprint density at radius 3 is 2.72 bits per heavy atom. The second-order valence-electron chi connectivity index (χ2n) is 10.8. The van der Waals surface area contributed by atoms with Crippen LogP contribution in [0.5, 0.6) is 11.5 Å². The van der Waals surface area contributed by atoms with E-state index in [1.54, 1.807) is 18.6 Å². The molecular weight excluding hydrogens is 546 g/mol. The minimum absolute atomic E-state index is 0.00544. The van der Waals surface area contributed by atoms with Gasteiger partial charge in [0.05, 0.1) is 34.3 Å². The summed E-state index contributed by atoms with van der Waals surface area (Å²) in [6, 6.07) is 13.3. The standard InChI is InChI=1S/C31H27N9O3/c41-26(11-17-5-8-32-9-6-17)35-20-12-19(14-33-15-20)21-2-3-23-29(36-21)30(40-39-23)31-37-22-7-10-34-27(28(22)38-31)18-1-4-24-25(13-18)43-16-42-24/h1-4,7,10,12-15,17,32H,5-6,8-9,11,16H2,(H,35,41)(H,37,38)(H,39,40). The first-order chi connectivity index (χ1) is 21.2. The van der Waals surface area contributed by atoms with E-state index >= 15 is 0 Å². The number of fused-ring (bicyclic) bond motifs is 3. The summed E-state index contributed by atoms with van der Waals surface area (Å²) in [4.78, 5) is 34.9. The van der Waals surface area contributed by atoms with Gasteiger partial charge < -0.3 is 25.1 Å². The number of nitrogens with one attached hydrogen (secondary N) is 4. The predicted molar refractivity (Wildman–Crippen MR) is 160 cm³/mol. The molecule has 1 fully saturated rings. The Morgan fingerprint density at radius 1 is 0.907 bits per heavy atom. The topological polar surface area (TPSA) is 156 Å². The van der Waals surface area contributed by atoms with Crippen molar-refractivity contribution in [1.82, 2.24) is 40.4 Å². The molecule has 2 aliphatic heterocycles. The maximum atomic E-state index is 12.7. The number of nitrogens with zero attached hydrogens (tertiary/aromatic N) is 5. The van der Waals surface area contributed by atoms with Crippen LogP contribution >= 0.6 is 0 Å². The van der Waals surface area contributed by atoms with Gasteiger partial charge in [-0.05, 0) is 74.3 Å². The van der Waals surface area contributed by atoms with Crippen LogP contribution in [0.1, 0.15) is 19.3 Å². The maximum absolute atomic E-state index is 12.7. The third-order valence-electron chi connectivity index (χ3n) is 7.93. The molecule has 0 aliphatic carbocycles. The molecule has 0 atom stereocenters. The highest BCUT2D eigenvalue weighted by Crippen LogP contribution is 2.37. The Labute approximate surface area is 245 Å². The monoisotopic (exact) mass is 573 g/mol. The van der Waals surface area contributed by atoms with Crippen molar-refractivity contribution in [1.29, 1.82) is 0 Å². The van der Waals surface area contributed by atoms with E-state index < -0.39 is 0 Å². The highest BCUT2D eigenvalue weighted by atomic mass is 16.7. The van der Waals surface area contributed by atoms with Gasteiger partial charge in [0.1, 0.15) is 11.0 Å². The van der Waals surface area contributed by atoms with Gasteiger partial charge in [-0.3, -0.25) is 19.9 Å². The van der Waals surface area contributed by atoms with Crippen LogP contribution in [0.15, 0.2) is 61.1 Å². The van der Waals surface area contributed by atoms with E-state index in [4.69, 9.17) is 19.4 Å². The normalized spacial score (nSPS) is 14.9. The van der Waals surface area contributed by atoms with Crippen molar-refractivity contribution in [2.75, 3.05) is 25.2 Å². The summed E-state index contributed by atoms with van der Waals surface area (Å²) in [6.45, 7) is 2.13. The van der Waals surface area contributed by atoms with E-state index in [0.717, 1.165) is 53.8 Å². The van der Waals surface area contributed by atoms with Crippen molar-refractivity contribution in [3.05, 3.63) is 61.1 Å². The average Bonchev–Trinajstić information content (AvgIpc) is 3.79. The van der Waals surface area contributed by atoms with Crippen LogP contribution in [-0.2, 0) is 4.79 Å². The summed E-state index contributed by atoms with van der Waals surface area (Å²) < 4.78 is 11.0. The Balaban J connectivity index is 1.10. The van der Waals surface area contributed by atoms with Crippen LogP contribution in [0, 0.1) is 5.92 Å². The molecule has 0 spiro atoms. The molecule has 0 bridgehead atoms. The van der Waals surface area contributed by atoms with Crippen LogP contribution in [-0.4, -0.2) is 60.9 Å². The zero-order valence-corrected chi connectivity index (χ0v) is 23.1. The van der Waals surface area contributed by atoms with Crippen LogP contribution in [0.3, 0.4) is 0 Å². The Bertz CT molecular complexity index is 1990. The van der Waals surface area contributed by atoms with Crippen LogP contribution in [0.25, 0.3) is 56.1 Å². The molecule has 0 radical (unpaired) electrons. The molecule has 43 heavy (non-hydrogen) atoms. The molecule has 8 rings (SSSR count). The second-order valence-corrected chi connectivity index (χ2v) is 10.8. The van der Waals surface area contributed by atoms with Crippen molar-refractivity contribution in [2.24, 2.45) is 5.92 Å². The first-order valence-corrected chi connectivity index (χ1v) is 14.2. The molecule has 7 heterocycles. The molecule has 1 saturated heterocycles. The lowest BCUT2D eigenvalue weighted by Crippen LogP contribution is -2.30. The lowest BCUT2D eigenvalue weighted by Gasteiger charge is -2.21. The summed E-state index contributed by atoms with van der Waals surface area (Å²) in [5.74, 6) is 2.37. The van der Waals surface area contributed by atoms with Crippen molar-refractivity contribution in [3.63, 3.8) is 0 Å². The molecule has 1 amide bonds. The lowest BCUT2D eigenvalue weighted by atomic mass is 9.94. The number of H-pyrrole nitrogens is 2. The maximum Gasteiger partial charge on any atom is 0.231 e. The van der Waals surface area contributed by atoms with E-state index in [2.05, 4.69) is 35.8 Å². The summed E-state index contributed by atoms with van der Waals surface area (Å²) >= 11 is 0. The van der Waals surface area contributed by atoms with E-state index in [-0.39, 0.29) is 12.7 Å². The Hall–Kier alpha value is -5.36. The second kappa shape index (κ2) is 10.5. The number of amides is 1. The number of hydrogen-bond acceptors (Lipinski definition) is 9. The minimum atomic E-state index is 0.00544. The number of hydrogen-bond donors (Lipinski definition) is 4. The number of ether oxygens (including phenoxy) is 2. The average molecular weight is 574 g/mol. The first-order valence-electron chi connectivity index (χ1n) is 14.2. The number of benzene rings is 1. The smallest absolute Gasteiger partial charge is 0.231 e. The summed E-state index contributed by atoms with van der Waals surface area (Å²) in [6.07, 6.45) is 7.69. The number of carbonyl (C=O) groups is 1. The third kappa shape index (κ3) is 4.81. The van der Waals surface area contributed by atoms with Gasteiger partial charge in [0, 0.05) is 29.9 Å². The van der Waals surface area contributed by atoms with Gasteiger partial charge in [-0.2, -0.15) is 5.10 Å². The highest BCUT2D eigenvalue weighted by molar-refractivity contribution is 5.95. The Kier molecular flexibility index (Phi) is 6.18. The number of carbonyl (C=O) groups excluding carboxylic acids is 1. The van der Waals surface area contributed by atoms with E-state index in [9.17, 15) is 4.79 Å². The van der Waals surface area contributed by atoms with Gasteiger partial charge in [-0.15, -0.1) is 0 Å². The van der Waals surface area contributed by atoms with Gasteiger partial charge in [0.15, 0.2) is 23.0 Å². The molecule has 0 unspecified atom stereocenters. The van der Waals surface area contributed by atoms with Gasteiger partial charge in [0.2, 0.25) is 12.7 Å².